The third kappa shape index (κ3) is 3.80. The van der Waals surface area contributed by atoms with Crippen molar-refractivity contribution >= 4 is 22.5 Å². The Morgan fingerprint density at radius 1 is 1.08 bits per heavy atom. The van der Waals surface area contributed by atoms with Gasteiger partial charge in [0.25, 0.3) is 0 Å². The molecule has 1 saturated heterocycles. The summed E-state index contributed by atoms with van der Waals surface area (Å²) >= 11 is 6.52. The highest BCUT2D eigenvalue weighted by atomic mass is 35.5. The first kappa shape index (κ1) is 17.2. The van der Waals surface area contributed by atoms with Crippen molar-refractivity contribution in [1.82, 2.24) is 14.9 Å². The summed E-state index contributed by atoms with van der Waals surface area (Å²) in [5.41, 5.74) is 2.71. The maximum absolute atomic E-state index is 6.52. The van der Waals surface area contributed by atoms with Gasteiger partial charge in [0, 0.05) is 43.0 Å². The van der Waals surface area contributed by atoms with Crippen molar-refractivity contribution in [2.75, 3.05) is 26.3 Å². The van der Waals surface area contributed by atoms with Crippen molar-refractivity contribution in [1.29, 1.82) is 0 Å². The molecule has 3 heterocycles. The van der Waals surface area contributed by atoms with Crippen LogP contribution in [0.15, 0.2) is 48.8 Å². The topological polar surface area (TPSA) is 47.5 Å². The van der Waals surface area contributed by atoms with Crippen LogP contribution in [0.2, 0.25) is 5.02 Å². The van der Waals surface area contributed by atoms with Gasteiger partial charge in [0.05, 0.1) is 23.9 Å². The van der Waals surface area contributed by atoms with E-state index in [1.54, 1.807) is 12.4 Å². The Balaban J connectivity index is 1.68. The minimum Gasteiger partial charge on any atom is -0.485 e. The molecule has 0 bridgehead atoms. The SMILES string of the molecule is Clc1cc(CN2CCOCC2)c(OCc2ccccn2)c2ncccc12. The fraction of sp³-hybridized carbons (Fsp3) is 0.300. The largest absolute Gasteiger partial charge is 0.485 e. The molecule has 1 aromatic carbocycles. The van der Waals surface area contributed by atoms with E-state index < -0.39 is 0 Å². The Hall–Kier alpha value is -2.21. The van der Waals surface area contributed by atoms with Crippen LogP contribution in [0.1, 0.15) is 11.3 Å². The number of aromatic nitrogens is 2. The first-order valence-electron chi connectivity index (χ1n) is 8.70. The summed E-state index contributed by atoms with van der Waals surface area (Å²) in [6, 6.07) is 11.7. The van der Waals surface area contributed by atoms with Gasteiger partial charge in [-0.25, -0.2) is 0 Å². The monoisotopic (exact) mass is 369 g/mol. The van der Waals surface area contributed by atoms with Gasteiger partial charge in [-0.3, -0.25) is 14.9 Å². The number of nitrogens with zero attached hydrogens (tertiary/aromatic N) is 3. The van der Waals surface area contributed by atoms with E-state index in [0.717, 1.165) is 60.8 Å². The Morgan fingerprint density at radius 2 is 1.92 bits per heavy atom. The number of hydrogen-bond acceptors (Lipinski definition) is 5. The van der Waals surface area contributed by atoms with E-state index >= 15 is 0 Å². The number of halogens is 1. The number of pyridine rings is 2. The van der Waals surface area contributed by atoms with Crippen LogP contribution in [0.25, 0.3) is 10.9 Å². The first-order valence-corrected chi connectivity index (χ1v) is 9.08. The maximum atomic E-state index is 6.52. The Kier molecular flexibility index (Phi) is 5.29. The molecule has 26 heavy (non-hydrogen) atoms. The van der Waals surface area contributed by atoms with E-state index in [-0.39, 0.29) is 0 Å². The molecule has 1 aliphatic heterocycles. The zero-order valence-corrected chi connectivity index (χ0v) is 15.2. The molecule has 0 atom stereocenters. The van der Waals surface area contributed by atoms with Gasteiger partial charge in [0.1, 0.15) is 12.1 Å². The van der Waals surface area contributed by atoms with E-state index in [0.29, 0.717) is 11.6 Å². The highest BCUT2D eigenvalue weighted by Gasteiger charge is 2.18. The van der Waals surface area contributed by atoms with E-state index in [1.165, 1.54) is 0 Å². The molecule has 0 spiro atoms. The quantitative estimate of drug-likeness (QED) is 0.686. The van der Waals surface area contributed by atoms with Crippen molar-refractivity contribution in [3.8, 4) is 5.75 Å². The Morgan fingerprint density at radius 3 is 2.73 bits per heavy atom. The van der Waals surface area contributed by atoms with Crippen LogP contribution in [0.5, 0.6) is 5.75 Å². The molecule has 3 aromatic rings. The molecule has 1 aliphatic rings. The molecule has 5 nitrogen and oxygen atoms in total. The summed E-state index contributed by atoms with van der Waals surface area (Å²) < 4.78 is 11.6. The molecular formula is C20H20ClN3O2. The van der Waals surface area contributed by atoms with Crippen molar-refractivity contribution in [2.24, 2.45) is 0 Å². The minimum absolute atomic E-state index is 0.393. The number of benzene rings is 1. The minimum atomic E-state index is 0.393. The number of fused-ring (bicyclic) bond motifs is 1. The fourth-order valence-electron chi connectivity index (χ4n) is 3.14. The van der Waals surface area contributed by atoms with Gasteiger partial charge in [0.2, 0.25) is 0 Å². The van der Waals surface area contributed by atoms with Gasteiger partial charge < -0.3 is 9.47 Å². The molecule has 134 valence electrons. The van der Waals surface area contributed by atoms with Gasteiger partial charge in [-0.1, -0.05) is 17.7 Å². The number of rotatable bonds is 5. The summed E-state index contributed by atoms with van der Waals surface area (Å²) in [6.45, 7) is 4.46. The van der Waals surface area contributed by atoms with Crippen LogP contribution < -0.4 is 4.74 Å². The summed E-state index contributed by atoms with van der Waals surface area (Å²) in [4.78, 5) is 11.2. The second-order valence-corrected chi connectivity index (χ2v) is 6.65. The molecule has 0 unspecified atom stereocenters. The van der Waals surface area contributed by atoms with E-state index in [9.17, 15) is 0 Å². The molecular weight excluding hydrogens is 350 g/mol. The highest BCUT2D eigenvalue weighted by Crippen LogP contribution is 2.35. The van der Waals surface area contributed by atoms with E-state index in [2.05, 4.69) is 14.9 Å². The predicted octanol–water partition coefficient (Wildman–Crippen LogP) is 3.69. The molecule has 1 fully saturated rings. The average Bonchev–Trinajstić information content (AvgIpc) is 2.69. The molecule has 4 rings (SSSR count). The van der Waals surface area contributed by atoms with Gasteiger partial charge in [-0.2, -0.15) is 0 Å². The molecule has 6 heteroatoms. The third-order valence-corrected chi connectivity index (χ3v) is 4.77. The van der Waals surface area contributed by atoms with Crippen LogP contribution >= 0.6 is 11.6 Å². The second kappa shape index (κ2) is 7.99. The zero-order chi connectivity index (χ0) is 17.8. The Bertz CT molecular complexity index is 883. The molecule has 0 amide bonds. The zero-order valence-electron chi connectivity index (χ0n) is 14.4. The molecule has 0 saturated carbocycles. The molecule has 0 N–H and O–H groups in total. The van der Waals surface area contributed by atoms with Crippen LogP contribution in [-0.4, -0.2) is 41.2 Å². The molecule has 0 aliphatic carbocycles. The van der Waals surface area contributed by atoms with Crippen molar-refractivity contribution in [2.45, 2.75) is 13.2 Å². The molecule has 0 radical (unpaired) electrons. The highest BCUT2D eigenvalue weighted by molar-refractivity contribution is 6.35. The lowest BCUT2D eigenvalue weighted by atomic mass is 10.1. The van der Waals surface area contributed by atoms with Crippen LogP contribution in [0, 0.1) is 0 Å². The summed E-state index contributed by atoms with van der Waals surface area (Å²) in [7, 11) is 0. The van der Waals surface area contributed by atoms with Crippen molar-refractivity contribution in [3.05, 3.63) is 65.1 Å². The number of ether oxygens (including phenoxy) is 2. The second-order valence-electron chi connectivity index (χ2n) is 6.24. The predicted molar refractivity (Wildman–Crippen MR) is 101 cm³/mol. The maximum Gasteiger partial charge on any atom is 0.150 e. The van der Waals surface area contributed by atoms with E-state index in [1.807, 2.05) is 36.4 Å². The lowest BCUT2D eigenvalue weighted by Gasteiger charge is -2.27. The van der Waals surface area contributed by atoms with Crippen molar-refractivity contribution in [3.63, 3.8) is 0 Å². The standard InChI is InChI=1S/C20H20ClN3O2/c21-18-12-15(13-24-8-10-25-11-9-24)20(19-17(18)5-3-7-23-19)26-14-16-4-1-2-6-22-16/h1-7,12H,8-11,13-14H2. The third-order valence-electron chi connectivity index (χ3n) is 4.46. The summed E-state index contributed by atoms with van der Waals surface area (Å²) in [6.07, 6.45) is 3.54. The Labute approximate surface area is 157 Å². The average molecular weight is 370 g/mol. The lowest BCUT2D eigenvalue weighted by Crippen LogP contribution is -2.35. The van der Waals surface area contributed by atoms with Gasteiger partial charge in [0.15, 0.2) is 5.75 Å². The van der Waals surface area contributed by atoms with Crippen molar-refractivity contribution < 1.29 is 9.47 Å². The van der Waals surface area contributed by atoms with Crippen LogP contribution in [0.4, 0.5) is 0 Å². The first-order chi connectivity index (χ1) is 12.8. The van der Waals surface area contributed by atoms with Crippen LogP contribution in [-0.2, 0) is 17.9 Å². The lowest BCUT2D eigenvalue weighted by molar-refractivity contribution is 0.0338. The van der Waals surface area contributed by atoms with Gasteiger partial charge in [-0.05, 0) is 30.3 Å². The fourth-order valence-corrected chi connectivity index (χ4v) is 3.42. The smallest absolute Gasteiger partial charge is 0.150 e. The van der Waals surface area contributed by atoms with Gasteiger partial charge in [-0.15, -0.1) is 0 Å². The van der Waals surface area contributed by atoms with E-state index in [4.69, 9.17) is 21.1 Å². The summed E-state index contributed by atoms with van der Waals surface area (Å²) in [5.74, 6) is 0.780. The number of hydrogen-bond donors (Lipinski definition) is 0. The summed E-state index contributed by atoms with van der Waals surface area (Å²) in [5, 5.41) is 1.59. The number of morpholine rings is 1. The normalized spacial score (nSPS) is 15.3. The van der Waals surface area contributed by atoms with Crippen LogP contribution in [0.3, 0.4) is 0 Å². The van der Waals surface area contributed by atoms with Gasteiger partial charge >= 0.3 is 0 Å². The molecule has 2 aromatic heterocycles.